The average molecular weight is 259 g/mol. The van der Waals surface area contributed by atoms with E-state index in [4.69, 9.17) is 0 Å². The predicted octanol–water partition coefficient (Wildman–Crippen LogP) is 2.67. The Morgan fingerprint density at radius 1 is 1.28 bits per heavy atom. The summed E-state index contributed by atoms with van der Waals surface area (Å²) in [4.78, 5) is 11.7. The van der Waals surface area contributed by atoms with Crippen LogP contribution in [-0.2, 0) is 17.4 Å². The summed E-state index contributed by atoms with van der Waals surface area (Å²) in [5.41, 5.74) is -0.0853. The van der Waals surface area contributed by atoms with E-state index in [1.165, 1.54) is 12.1 Å². The third-order valence-electron chi connectivity index (χ3n) is 2.72. The number of hydrogen-bond donors (Lipinski definition) is 1. The highest BCUT2D eigenvalue weighted by Crippen LogP contribution is 2.29. The van der Waals surface area contributed by atoms with Crippen molar-refractivity contribution in [3.8, 4) is 0 Å². The number of carbonyl (C=O) groups is 1. The van der Waals surface area contributed by atoms with Crippen LogP contribution >= 0.6 is 0 Å². The van der Waals surface area contributed by atoms with Crippen molar-refractivity contribution in [1.82, 2.24) is 5.32 Å². The molecule has 0 bridgehead atoms. The number of benzene rings is 1. The number of hydrogen-bond acceptors (Lipinski definition) is 2. The molecule has 0 fully saturated rings. The van der Waals surface area contributed by atoms with Gasteiger partial charge in [0.25, 0.3) is 0 Å². The molecule has 1 rings (SSSR count). The summed E-state index contributed by atoms with van der Waals surface area (Å²) in [5, 5.41) is 2.89. The standard InChI is InChI=1S/C13H16F3NO/c1-9(8-17-2)12(18)7-10-3-5-11(6-4-10)13(14,15)16/h3-6,9,17H,7-8H2,1-2H3. The average Bonchev–Trinajstić information content (AvgIpc) is 2.28. The fraction of sp³-hybridized carbons (Fsp3) is 0.462. The van der Waals surface area contributed by atoms with Crippen LogP contribution in [0, 0.1) is 5.92 Å². The molecule has 0 aliphatic rings. The number of alkyl halides is 3. The molecule has 0 amide bonds. The zero-order chi connectivity index (χ0) is 13.8. The number of Topliss-reactive ketones (excluding diaryl/α,β-unsaturated/α-hetero) is 1. The van der Waals surface area contributed by atoms with Crippen LogP contribution in [0.1, 0.15) is 18.1 Å². The summed E-state index contributed by atoms with van der Waals surface area (Å²) in [6.45, 7) is 2.36. The number of halogens is 3. The quantitative estimate of drug-likeness (QED) is 0.880. The van der Waals surface area contributed by atoms with Gasteiger partial charge in [-0.15, -0.1) is 0 Å². The maximum atomic E-state index is 12.3. The van der Waals surface area contributed by atoms with E-state index in [1.807, 2.05) is 0 Å². The van der Waals surface area contributed by atoms with Gasteiger partial charge < -0.3 is 5.32 Å². The van der Waals surface area contributed by atoms with Gasteiger partial charge in [-0.05, 0) is 24.7 Å². The van der Waals surface area contributed by atoms with Crippen molar-refractivity contribution in [2.45, 2.75) is 19.5 Å². The molecule has 0 aliphatic carbocycles. The summed E-state index contributed by atoms with van der Waals surface area (Å²) in [6.07, 6.45) is -4.16. The van der Waals surface area contributed by atoms with Gasteiger partial charge in [0.2, 0.25) is 0 Å². The first-order valence-electron chi connectivity index (χ1n) is 5.68. The van der Waals surface area contributed by atoms with Crippen LogP contribution in [-0.4, -0.2) is 19.4 Å². The fourth-order valence-corrected chi connectivity index (χ4v) is 1.61. The molecule has 0 aromatic heterocycles. The van der Waals surface area contributed by atoms with Crippen LogP contribution in [0.3, 0.4) is 0 Å². The van der Waals surface area contributed by atoms with Gasteiger partial charge in [-0.2, -0.15) is 13.2 Å². The molecule has 1 unspecified atom stereocenters. The Kier molecular flexibility index (Phi) is 4.90. The Morgan fingerprint density at radius 2 is 1.83 bits per heavy atom. The van der Waals surface area contributed by atoms with Crippen molar-refractivity contribution in [3.05, 3.63) is 35.4 Å². The topological polar surface area (TPSA) is 29.1 Å². The summed E-state index contributed by atoms with van der Waals surface area (Å²) in [5.74, 6) is -0.124. The zero-order valence-electron chi connectivity index (χ0n) is 10.3. The third kappa shape index (κ3) is 4.14. The second-order valence-corrected chi connectivity index (χ2v) is 4.30. The molecule has 0 spiro atoms. The second-order valence-electron chi connectivity index (χ2n) is 4.30. The first-order valence-corrected chi connectivity index (χ1v) is 5.68. The van der Waals surface area contributed by atoms with Gasteiger partial charge in [-0.25, -0.2) is 0 Å². The van der Waals surface area contributed by atoms with Crippen LogP contribution in [0.4, 0.5) is 13.2 Å². The summed E-state index contributed by atoms with van der Waals surface area (Å²) < 4.78 is 37.0. The molecule has 1 aromatic carbocycles. The molecule has 100 valence electrons. The Bertz CT molecular complexity index is 398. The molecule has 0 saturated carbocycles. The summed E-state index contributed by atoms with van der Waals surface area (Å²) >= 11 is 0. The van der Waals surface area contributed by atoms with Crippen LogP contribution in [0.2, 0.25) is 0 Å². The van der Waals surface area contributed by atoms with Crippen molar-refractivity contribution < 1.29 is 18.0 Å². The van der Waals surface area contributed by atoms with Crippen LogP contribution < -0.4 is 5.32 Å². The minimum Gasteiger partial charge on any atom is -0.319 e. The molecule has 1 N–H and O–H groups in total. The van der Waals surface area contributed by atoms with E-state index in [1.54, 1.807) is 14.0 Å². The maximum Gasteiger partial charge on any atom is 0.416 e. The number of carbonyl (C=O) groups excluding carboxylic acids is 1. The van der Waals surface area contributed by atoms with E-state index in [-0.39, 0.29) is 18.1 Å². The van der Waals surface area contributed by atoms with Crippen LogP contribution in [0.25, 0.3) is 0 Å². The summed E-state index contributed by atoms with van der Waals surface area (Å²) in [6, 6.07) is 4.72. The van der Waals surface area contributed by atoms with Gasteiger partial charge in [0.15, 0.2) is 0 Å². The van der Waals surface area contributed by atoms with Crippen LogP contribution in [0.5, 0.6) is 0 Å². The molecular formula is C13H16F3NO. The Labute approximate surface area is 104 Å². The second kappa shape index (κ2) is 6.00. The minimum atomic E-state index is -4.33. The normalized spacial score (nSPS) is 13.4. The van der Waals surface area contributed by atoms with Crippen LogP contribution in [0.15, 0.2) is 24.3 Å². The molecule has 1 atom stereocenters. The highest BCUT2D eigenvalue weighted by molar-refractivity contribution is 5.83. The lowest BCUT2D eigenvalue weighted by molar-refractivity contribution is -0.137. The van der Waals surface area contributed by atoms with E-state index in [0.717, 1.165) is 12.1 Å². The lowest BCUT2D eigenvalue weighted by atomic mass is 9.99. The molecule has 0 saturated heterocycles. The molecular weight excluding hydrogens is 243 g/mol. The Morgan fingerprint density at radius 3 is 2.28 bits per heavy atom. The Balaban J connectivity index is 2.67. The van der Waals surface area contributed by atoms with Crippen molar-refractivity contribution in [2.24, 2.45) is 5.92 Å². The van der Waals surface area contributed by atoms with E-state index in [0.29, 0.717) is 12.1 Å². The zero-order valence-corrected chi connectivity index (χ0v) is 10.3. The first kappa shape index (κ1) is 14.7. The van der Waals surface area contributed by atoms with Gasteiger partial charge in [0, 0.05) is 18.9 Å². The number of nitrogens with one attached hydrogen (secondary N) is 1. The number of rotatable bonds is 5. The van der Waals surface area contributed by atoms with Crippen molar-refractivity contribution in [3.63, 3.8) is 0 Å². The van der Waals surface area contributed by atoms with Gasteiger partial charge in [-0.3, -0.25) is 4.79 Å². The predicted molar refractivity (Wildman–Crippen MR) is 63.2 cm³/mol. The smallest absolute Gasteiger partial charge is 0.319 e. The van der Waals surface area contributed by atoms with Gasteiger partial charge in [0.1, 0.15) is 5.78 Å². The molecule has 0 heterocycles. The maximum absolute atomic E-state index is 12.3. The molecule has 2 nitrogen and oxygen atoms in total. The monoisotopic (exact) mass is 259 g/mol. The third-order valence-corrected chi connectivity index (χ3v) is 2.72. The molecule has 1 aromatic rings. The molecule has 5 heteroatoms. The SMILES string of the molecule is CNCC(C)C(=O)Cc1ccc(C(F)(F)F)cc1. The molecule has 18 heavy (non-hydrogen) atoms. The Hall–Kier alpha value is -1.36. The van der Waals surface area contributed by atoms with E-state index >= 15 is 0 Å². The van der Waals surface area contributed by atoms with Gasteiger partial charge in [-0.1, -0.05) is 19.1 Å². The van der Waals surface area contributed by atoms with Gasteiger partial charge in [0.05, 0.1) is 5.56 Å². The van der Waals surface area contributed by atoms with E-state index < -0.39 is 11.7 Å². The minimum absolute atomic E-state index is 0.0177. The van der Waals surface area contributed by atoms with Gasteiger partial charge >= 0.3 is 6.18 Å². The molecule has 0 radical (unpaired) electrons. The van der Waals surface area contributed by atoms with E-state index in [9.17, 15) is 18.0 Å². The van der Waals surface area contributed by atoms with E-state index in [2.05, 4.69) is 5.32 Å². The highest BCUT2D eigenvalue weighted by Gasteiger charge is 2.30. The van der Waals surface area contributed by atoms with Crippen molar-refractivity contribution in [1.29, 1.82) is 0 Å². The molecule has 0 aliphatic heterocycles. The lowest BCUT2D eigenvalue weighted by Crippen LogP contribution is -2.24. The first-order chi connectivity index (χ1) is 8.34. The summed E-state index contributed by atoms with van der Waals surface area (Å²) in [7, 11) is 1.75. The van der Waals surface area contributed by atoms with Crippen molar-refractivity contribution >= 4 is 5.78 Å². The largest absolute Gasteiger partial charge is 0.416 e. The van der Waals surface area contributed by atoms with Crippen molar-refractivity contribution in [2.75, 3.05) is 13.6 Å². The highest BCUT2D eigenvalue weighted by atomic mass is 19.4. The fourth-order valence-electron chi connectivity index (χ4n) is 1.61. The number of ketones is 1. The lowest BCUT2D eigenvalue weighted by Gasteiger charge is -2.10.